The molecule has 0 amide bonds. The summed E-state index contributed by atoms with van der Waals surface area (Å²) in [6.07, 6.45) is 2.70. The van der Waals surface area contributed by atoms with Gasteiger partial charge in [-0.15, -0.1) is 0 Å². The van der Waals surface area contributed by atoms with E-state index in [2.05, 4.69) is 30.9 Å². The number of fused-ring (bicyclic) bond motifs is 1. The molecule has 0 radical (unpaired) electrons. The second-order valence-corrected chi connectivity index (χ2v) is 6.43. The van der Waals surface area contributed by atoms with Crippen molar-refractivity contribution in [1.29, 1.82) is 0 Å². The summed E-state index contributed by atoms with van der Waals surface area (Å²) in [7, 11) is 2.25. The van der Waals surface area contributed by atoms with E-state index in [4.69, 9.17) is 4.28 Å². The average molecular weight is 228 g/mol. The molecule has 4 atom stereocenters. The van der Waals surface area contributed by atoms with E-state index in [0.29, 0.717) is 17.2 Å². The minimum Gasteiger partial charge on any atom is -0.299 e. The van der Waals surface area contributed by atoms with Crippen LogP contribution >= 0.6 is 12.0 Å². The van der Waals surface area contributed by atoms with E-state index in [9.17, 15) is 0 Å². The summed E-state index contributed by atoms with van der Waals surface area (Å²) >= 11 is 1.67. The first kappa shape index (κ1) is 10.4. The summed E-state index contributed by atoms with van der Waals surface area (Å²) < 4.78 is 5.78. The highest BCUT2D eigenvalue weighted by atomic mass is 32.2. The number of hydrogen-bond donors (Lipinski definition) is 0. The number of rotatable bonds is 2. The van der Waals surface area contributed by atoms with Gasteiger partial charge in [0.15, 0.2) is 0 Å². The highest BCUT2D eigenvalue weighted by molar-refractivity contribution is 7.95. The maximum absolute atomic E-state index is 5.78. The molecule has 86 valence electrons. The first-order valence-corrected chi connectivity index (χ1v) is 6.79. The Hall–Kier alpha value is 0.230. The number of hydrogen-bond acceptors (Lipinski definition) is 4. The monoisotopic (exact) mass is 228 g/mol. The second kappa shape index (κ2) is 3.62. The van der Waals surface area contributed by atoms with Crippen molar-refractivity contribution < 1.29 is 4.28 Å². The molecular formula is C11H20N2OS. The summed E-state index contributed by atoms with van der Waals surface area (Å²) in [5.41, 5.74) is 0. The number of nitrogens with zero attached hydrogens (tertiary/aromatic N) is 2. The van der Waals surface area contributed by atoms with Crippen molar-refractivity contribution in [2.24, 2.45) is 5.92 Å². The Morgan fingerprint density at radius 1 is 1.27 bits per heavy atom. The minimum atomic E-state index is 0.660. The lowest BCUT2D eigenvalue weighted by Crippen LogP contribution is -2.50. The first-order chi connectivity index (χ1) is 7.16. The third-order valence-electron chi connectivity index (χ3n) is 4.31. The van der Waals surface area contributed by atoms with Crippen molar-refractivity contribution in [3.05, 3.63) is 0 Å². The third-order valence-corrected chi connectivity index (χ3v) is 5.52. The van der Waals surface area contributed by atoms with Crippen molar-refractivity contribution in [2.75, 3.05) is 13.6 Å². The van der Waals surface area contributed by atoms with Gasteiger partial charge < -0.3 is 0 Å². The molecule has 0 aromatic rings. The first-order valence-electron chi connectivity index (χ1n) is 5.99. The van der Waals surface area contributed by atoms with Gasteiger partial charge in [-0.05, 0) is 25.8 Å². The molecule has 0 aromatic carbocycles. The zero-order valence-electron chi connectivity index (χ0n) is 9.72. The van der Waals surface area contributed by atoms with Gasteiger partial charge in [-0.25, -0.2) is 4.28 Å². The van der Waals surface area contributed by atoms with Gasteiger partial charge in [-0.1, -0.05) is 13.8 Å². The molecule has 0 aromatic heterocycles. The lowest BCUT2D eigenvalue weighted by atomic mass is 10.0. The van der Waals surface area contributed by atoms with Gasteiger partial charge in [-0.3, -0.25) is 4.90 Å². The molecule has 4 rings (SSSR count). The zero-order chi connectivity index (χ0) is 10.6. The Labute approximate surface area is 96.3 Å². The van der Waals surface area contributed by atoms with Gasteiger partial charge in [0.05, 0.1) is 11.3 Å². The smallest absolute Gasteiger partial charge is 0.0536 e. The molecule has 3 aliphatic heterocycles. The molecule has 4 heteroatoms. The normalized spacial score (nSPS) is 46.4. The van der Waals surface area contributed by atoms with Crippen molar-refractivity contribution in [3.63, 3.8) is 0 Å². The Morgan fingerprint density at radius 2 is 2.00 bits per heavy atom. The summed E-state index contributed by atoms with van der Waals surface area (Å²) in [6.45, 7) is 5.68. The fourth-order valence-corrected chi connectivity index (χ4v) is 3.86. The van der Waals surface area contributed by atoms with Crippen molar-refractivity contribution in [1.82, 2.24) is 9.96 Å². The molecule has 4 fully saturated rings. The standard InChI is InChI=1S/C11H20N2OS/c1-7(2)11-6-13(14-15-11)10-5-8-4-9(10)12(8)3/h7-11H,4-6H2,1-3H3. The van der Waals surface area contributed by atoms with Gasteiger partial charge in [0.25, 0.3) is 0 Å². The van der Waals surface area contributed by atoms with E-state index < -0.39 is 0 Å². The van der Waals surface area contributed by atoms with Crippen LogP contribution in [0.3, 0.4) is 0 Å². The predicted octanol–water partition coefficient (Wildman–Crippen LogP) is 1.75. The third kappa shape index (κ3) is 1.54. The van der Waals surface area contributed by atoms with E-state index in [1.807, 2.05) is 0 Å². The largest absolute Gasteiger partial charge is 0.299 e. The summed E-state index contributed by atoms with van der Waals surface area (Å²) in [6, 6.07) is 2.27. The van der Waals surface area contributed by atoms with Gasteiger partial charge in [0.2, 0.25) is 0 Å². The average Bonchev–Trinajstić information content (AvgIpc) is 2.88. The fourth-order valence-electron chi connectivity index (χ4n) is 3.04. The Balaban J connectivity index is 1.61. The van der Waals surface area contributed by atoms with Crippen LogP contribution in [0.15, 0.2) is 0 Å². The molecule has 1 aliphatic carbocycles. The van der Waals surface area contributed by atoms with Crippen LogP contribution in [0.1, 0.15) is 26.7 Å². The minimum absolute atomic E-state index is 0.660. The van der Waals surface area contributed by atoms with E-state index in [0.717, 1.165) is 18.6 Å². The molecule has 4 aliphatic rings. The quantitative estimate of drug-likeness (QED) is 0.669. The molecule has 4 unspecified atom stereocenters. The zero-order valence-corrected chi connectivity index (χ0v) is 10.5. The number of likely N-dealkylation sites (N-methyl/N-ethyl adjacent to an activating group) is 1. The molecule has 3 heterocycles. The highest BCUT2D eigenvalue weighted by Gasteiger charge is 2.53. The van der Waals surface area contributed by atoms with Crippen LogP contribution in [0.4, 0.5) is 0 Å². The van der Waals surface area contributed by atoms with Gasteiger partial charge in [0.1, 0.15) is 0 Å². The number of hydroxylamine groups is 2. The van der Waals surface area contributed by atoms with Crippen LogP contribution < -0.4 is 0 Å². The molecule has 3 nitrogen and oxygen atoms in total. The molecule has 1 saturated carbocycles. The van der Waals surface area contributed by atoms with Crippen LogP contribution in [0, 0.1) is 5.92 Å². The van der Waals surface area contributed by atoms with Crippen LogP contribution in [0.2, 0.25) is 0 Å². The van der Waals surface area contributed by atoms with Gasteiger partial charge in [-0.2, -0.15) is 5.06 Å². The van der Waals surface area contributed by atoms with Crippen molar-refractivity contribution in [3.8, 4) is 0 Å². The second-order valence-electron chi connectivity index (χ2n) is 5.48. The Kier molecular flexibility index (Phi) is 2.51. The summed E-state index contributed by atoms with van der Waals surface area (Å²) in [5.74, 6) is 0.717. The Morgan fingerprint density at radius 3 is 2.47 bits per heavy atom. The molecule has 0 spiro atoms. The lowest BCUT2D eigenvalue weighted by molar-refractivity contribution is -0.0716. The van der Waals surface area contributed by atoms with E-state index in [-0.39, 0.29) is 0 Å². The van der Waals surface area contributed by atoms with E-state index >= 15 is 0 Å². The summed E-state index contributed by atoms with van der Waals surface area (Å²) in [5, 5.41) is 2.91. The lowest BCUT2D eigenvalue weighted by Gasteiger charge is -2.39. The maximum atomic E-state index is 5.78. The molecular weight excluding hydrogens is 208 g/mol. The van der Waals surface area contributed by atoms with E-state index in [1.165, 1.54) is 12.8 Å². The maximum Gasteiger partial charge on any atom is 0.0536 e. The van der Waals surface area contributed by atoms with Gasteiger partial charge in [0, 0.05) is 30.7 Å². The van der Waals surface area contributed by atoms with Crippen LogP contribution in [0.5, 0.6) is 0 Å². The molecule has 15 heavy (non-hydrogen) atoms. The predicted molar refractivity (Wildman–Crippen MR) is 62.4 cm³/mol. The van der Waals surface area contributed by atoms with Crippen LogP contribution in [-0.4, -0.2) is 46.9 Å². The van der Waals surface area contributed by atoms with Crippen molar-refractivity contribution in [2.45, 2.75) is 50.1 Å². The van der Waals surface area contributed by atoms with E-state index in [1.54, 1.807) is 12.0 Å². The van der Waals surface area contributed by atoms with Gasteiger partial charge >= 0.3 is 0 Å². The van der Waals surface area contributed by atoms with Crippen LogP contribution in [0.25, 0.3) is 0 Å². The van der Waals surface area contributed by atoms with Crippen molar-refractivity contribution >= 4 is 12.0 Å². The SMILES string of the molecule is CC(C)C1CN(C2CC3CC2N3C)OS1. The summed E-state index contributed by atoms with van der Waals surface area (Å²) in [4.78, 5) is 2.52. The fraction of sp³-hybridized carbons (Fsp3) is 1.00. The highest BCUT2D eigenvalue weighted by Crippen LogP contribution is 2.44. The Bertz CT molecular complexity index is 261. The topological polar surface area (TPSA) is 15.7 Å². The van der Waals surface area contributed by atoms with Crippen LogP contribution in [-0.2, 0) is 4.28 Å². The molecule has 3 saturated heterocycles. The molecule has 0 N–H and O–H groups in total. The molecule has 2 bridgehead atoms.